The van der Waals surface area contributed by atoms with Crippen molar-refractivity contribution in [3.63, 3.8) is 0 Å². The molecule has 0 saturated carbocycles. The van der Waals surface area contributed by atoms with Crippen LogP contribution in [0.1, 0.15) is 0 Å². The maximum absolute atomic E-state index is 12.4. The SMILES string of the molecule is CN(CC(=O)Nc1cccc2ccccc12)c1cn[nH]c(=O)c1Br. The summed E-state index contributed by atoms with van der Waals surface area (Å²) < 4.78 is 0.345. The van der Waals surface area contributed by atoms with Crippen LogP contribution in [0.25, 0.3) is 10.8 Å². The molecule has 0 spiro atoms. The summed E-state index contributed by atoms with van der Waals surface area (Å²) in [4.78, 5) is 25.6. The minimum absolute atomic E-state index is 0.0902. The summed E-state index contributed by atoms with van der Waals surface area (Å²) >= 11 is 3.21. The second-order valence-corrected chi connectivity index (χ2v) is 6.12. The molecular weight excluding hydrogens is 372 g/mol. The summed E-state index contributed by atoms with van der Waals surface area (Å²) in [6, 6.07) is 13.6. The normalized spacial score (nSPS) is 10.6. The molecule has 1 heterocycles. The number of halogens is 1. The topological polar surface area (TPSA) is 78.1 Å². The second kappa shape index (κ2) is 6.84. The molecule has 1 amide bonds. The summed E-state index contributed by atoms with van der Waals surface area (Å²) in [5.41, 5.74) is 0.968. The van der Waals surface area contributed by atoms with E-state index < -0.39 is 0 Å². The van der Waals surface area contributed by atoms with Gasteiger partial charge >= 0.3 is 0 Å². The molecule has 3 rings (SSSR count). The van der Waals surface area contributed by atoms with E-state index in [0.29, 0.717) is 10.2 Å². The van der Waals surface area contributed by atoms with Crippen LogP contribution in [-0.2, 0) is 4.79 Å². The Morgan fingerprint density at radius 1 is 1.25 bits per heavy atom. The lowest BCUT2D eigenvalue weighted by molar-refractivity contribution is -0.114. The number of aromatic nitrogens is 2. The van der Waals surface area contributed by atoms with Crippen molar-refractivity contribution in [1.29, 1.82) is 0 Å². The number of likely N-dealkylation sites (N-methyl/N-ethyl adjacent to an activating group) is 1. The van der Waals surface area contributed by atoms with Crippen LogP contribution in [0.2, 0.25) is 0 Å². The average Bonchev–Trinajstić information content (AvgIpc) is 2.57. The Balaban J connectivity index is 1.78. The number of carbonyl (C=O) groups is 1. The Hall–Kier alpha value is -2.67. The first-order chi connectivity index (χ1) is 11.6. The number of fused-ring (bicyclic) bond motifs is 1. The zero-order valence-corrected chi connectivity index (χ0v) is 14.5. The van der Waals surface area contributed by atoms with Gasteiger partial charge in [-0.05, 0) is 27.4 Å². The summed E-state index contributed by atoms with van der Waals surface area (Å²) in [7, 11) is 1.73. The van der Waals surface area contributed by atoms with Gasteiger partial charge in [0, 0.05) is 18.1 Å². The number of hydrogen-bond donors (Lipinski definition) is 2. The van der Waals surface area contributed by atoms with Gasteiger partial charge in [-0.15, -0.1) is 0 Å². The fourth-order valence-corrected chi connectivity index (χ4v) is 2.96. The molecule has 0 atom stereocenters. The fourth-order valence-electron chi connectivity index (χ4n) is 2.46. The Kier molecular flexibility index (Phi) is 4.61. The molecule has 6 nitrogen and oxygen atoms in total. The molecule has 0 aliphatic heterocycles. The molecule has 0 unspecified atom stereocenters. The maximum Gasteiger partial charge on any atom is 0.280 e. The van der Waals surface area contributed by atoms with Crippen molar-refractivity contribution in [2.45, 2.75) is 0 Å². The van der Waals surface area contributed by atoms with Gasteiger partial charge in [-0.3, -0.25) is 9.59 Å². The van der Waals surface area contributed by atoms with Crippen LogP contribution in [0.4, 0.5) is 11.4 Å². The van der Waals surface area contributed by atoms with Gasteiger partial charge < -0.3 is 10.2 Å². The first-order valence-corrected chi connectivity index (χ1v) is 8.07. The third kappa shape index (κ3) is 3.30. The monoisotopic (exact) mass is 386 g/mol. The van der Waals surface area contributed by atoms with Crippen LogP contribution < -0.4 is 15.8 Å². The lowest BCUT2D eigenvalue weighted by Crippen LogP contribution is -2.31. The van der Waals surface area contributed by atoms with E-state index in [-0.39, 0.29) is 18.0 Å². The van der Waals surface area contributed by atoms with Crippen LogP contribution in [0.5, 0.6) is 0 Å². The Bertz CT molecular complexity index is 949. The number of H-pyrrole nitrogens is 1. The summed E-state index contributed by atoms with van der Waals surface area (Å²) in [5.74, 6) is -0.180. The average molecular weight is 387 g/mol. The van der Waals surface area contributed by atoms with Gasteiger partial charge in [0.2, 0.25) is 5.91 Å². The highest BCUT2D eigenvalue weighted by Gasteiger charge is 2.13. The number of rotatable bonds is 4. The number of nitrogens with one attached hydrogen (secondary N) is 2. The molecule has 3 aromatic rings. The fraction of sp³-hybridized carbons (Fsp3) is 0.118. The highest BCUT2D eigenvalue weighted by atomic mass is 79.9. The van der Waals surface area contributed by atoms with Crippen molar-refractivity contribution in [2.24, 2.45) is 0 Å². The van der Waals surface area contributed by atoms with E-state index in [1.54, 1.807) is 11.9 Å². The number of aromatic amines is 1. The van der Waals surface area contributed by atoms with Gasteiger partial charge in [-0.2, -0.15) is 5.10 Å². The number of nitrogens with zero attached hydrogens (tertiary/aromatic N) is 2. The Morgan fingerprint density at radius 2 is 2.00 bits per heavy atom. The molecule has 2 aromatic carbocycles. The Morgan fingerprint density at radius 3 is 2.83 bits per heavy atom. The molecule has 122 valence electrons. The summed E-state index contributed by atoms with van der Waals surface area (Å²) in [6.07, 6.45) is 1.50. The molecule has 0 radical (unpaired) electrons. The maximum atomic E-state index is 12.4. The molecule has 24 heavy (non-hydrogen) atoms. The minimum Gasteiger partial charge on any atom is -0.363 e. The molecule has 7 heteroatoms. The van der Waals surface area contributed by atoms with Crippen molar-refractivity contribution in [1.82, 2.24) is 10.2 Å². The lowest BCUT2D eigenvalue weighted by atomic mass is 10.1. The third-order valence-electron chi connectivity index (χ3n) is 3.63. The quantitative estimate of drug-likeness (QED) is 0.722. The van der Waals surface area contributed by atoms with Gasteiger partial charge in [0.1, 0.15) is 4.47 Å². The highest BCUT2D eigenvalue weighted by Crippen LogP contribution is 2.23. The number of anilines is 2. The smallest absolute Gasteiger partial charge is 0.280 e. The van der Waals surface area contributed by atoms with Crippen LogP contribution in [-0.4, -0.2) is 29.7 Å². The Labute approximate surface area is 146 Å². The van der Waals surface area contributed by atoms with Crippen molar-refractivity contribution in [2.75, 3.05) is 23.8 Å². The highest BCUT2D eigenvalue weighted by molar-refractivity contribution is 9.10. The standard InChI is InChI=1S/C17H15BrN4O2/c1-22(14-9-19-21-17(24)16(14)18)10-15(23)20-13-8-4-6-11-5-2-3-7-12(11)13/h2-9H,10H2,1H3,(H,20,23)(H,21,24). The van der Waals surface area contributed by atoms with Gasteiger partial charge in [0.25, 0.3) is 5.56 Å². The summed E-state index contributed by atoms with van der Waals surface area (Å²) in [6.45, 7) is 0.0902. The first kappa shape index (κ1) is 16.2. The molecular formula is C17H15BrN4O2. The van der Waals surface area contributed by atoms with Crippen LogP contribution in [0, 0.1) is 0 Å². The predicted molar refractivity (Wildman–Crippen MR) is 98.4 cm³/mol. The van der Waals surface area contributed by atoms with E-state index in [9.17, 15) is 9.59 Å². The van der Waals surface area contributed by atoms with E-state index >= 15 is 0 Å². The van der Waals surface area contributed by atoms with Gasteiger partial charge in [0.05, 0.1) is 18.4 Å². The zero-order valence-electron chi connectivity index (χ0n) is 12.9. The van der Waals surface area contributed by atoms with Crippen molar-refractivity contribution >= 4 is 44.0 Å². The van der Waals surface area contributed by atoms with Gasteiger partial charge in [-0.1, -0.05) is 36.4 Å². The summed E-state index contributed by atoms with van der Waals surface area (Å²) in [5, 5.41) is 11.0. The molecule has 0 bridgehead atoms. The van der Waals surface area contributed by atoms with Crippen molar-refractivity contribution in [3.05, 3.63) is 63.5 Å². The first-order valence-electron chi connectivity index (χ1n) is 7.28. The number of amides is 1. The van der Waals surface area contributed by atoms with Crippen LogP contribution in [0.3, 0.4) is 0 Å². The molecule has 0 fully saturated rings. The minimum atomic E-state index is -0.339. The molecule has 2 N–H and O–H groups in total. The van der Waals surface area contributed by atoms with Crippen molar-refractivity contribution < 1.29 is 4.79 Å². The van der Waals surface area contributed by atoms with E-state index in [4.69, 9.17) is 0 Å². The van der Waals surface area contributed by atoms with E-state index in [0.717, 1.165) is 16.5 Å². The number of benzene rings is 2. The largest absolute Gasteiger partial charge is 0.363 e. The number of hydrogen-bond acceptors (Lipinski definition) is 4. The van der Waals surface area contributed by atoms with Gasteiger partial charge in [0.15, 0.2) is 0 Å². The third-order valence-corrected chi connectivity index (χ3v) is 4.40. The molecule has 0 aliphatic rings. The number of carbonyl (C=O) groups excluding carboxylic acids is 1. The molecule has 0 aliphatic carbocycles. The lowest BCUT2D eigenvalue weighted by Gasteiger charge is -2.19. The van der Waals surface area contributed by atoms with Gasteiger partial charge in [-0.25, -0.2) is 5.10 Å². The zero-order chi connectivity index (χ0) is 17.1. The van der Waals surface area contributed by atoms with Crippen LogP contribution >= 0.6 is 15.9 Å². The van der Waals surface area contributed by atoms with E-state index in [1.807, 2.05) is 42.5 Å². The predicted octanol–water partition coefficient (Wildman–Crippen LogP) is 2.76. The van der Waals surface area contributed by atoms with Crippen LogP contribution in [0.15, 0.2) is 57.9 Å². The van der Waals surface area contributed by atoms with E-state index in [2.05, 4.69) is 31.4 Å². The molecule has 0 saturated heterocycles. The van der Waals surface area contributed by atoms with E-state index in [1.165, 1.54) is 6.20 Å². The second-order valence-electron chi connectivity index (χ2n) is 5.33. The molecule has 1 aromatic heterocycles. The van der Waals surface area contributed by atoms with Crippen molar-refractivity contribution in [3.8, 4) is 0 Å².